The number of nitrogens with zero attached hydrogens (tertiary/aromatic N) is 1. The van der Waals surface area contributed by atoms with Crippen molar-refractivity contribution in [3.05, 3.63) is 29.8 Å². The fraction of sp³-hybridized carbons (Fsp3) is 0.643. The molecule has 2 atom stereocenters. The summed E-state index contributed by atoms with van der Waals surface area (Å²) in [5.41, 5.74) is -0.555. The molecule has 2 rings (SSSR count). The van der Waals surface area contributed by atoms with Gasteiger partial charge in [-0.2, -0.15) is 0 Å². The number of phenols is 1. The number of amides is 3. The van der Waals surface area contributed by atoms with Crippen molar-refractivity contribution in [2.75, 3.05) is 6.54 Å². The average molecular weight is 534 g/mol. The average Bonchev–Trinajstić information content (AvgIpc) is 3.28. The van der Waals surface area contributed by atoms with Gasteiger partial charge in [-0.05, 0) is 84.9 Å². The number of alkyl carbamates (subject to hydrolysis) is 1. The maximum absolute atomic E-state index is 12.9. The van der Waals surface area contributed by atoms with Crippen LogP contribution in [0.1, 0.15) is 85.6 Å². The quantitative estimate of drug-likeness (QED) is 0.379. The molecule has 0 saturated carbocycles. The van der Waals surface area contributed by atoms with E-state index in [1.54, 1.807) is 53.7 Å². The summed E-state index contributed by atoms with van der Waals surface area (Å²) in [6.45, 7) is 11.3. The second kappa shape index (κ2) is 13.5. The number of rotatable bonds is 10. The molecule has 3 N–H and O–H groups in total. The number of likely N-dealkylation sites (tertiary alicyclic amines) is 1. The third-order valence-electron chi connectivity index (χ3n) is 5.83. The third kappa shape index (κ3) is 11.0. The van der Waals surface area contributed by atoms with E-state index in [0.717, 1.165) is 12.0 Å². The first-order valence-electron chi connectivity index (χ1n) is 13.2. The highest BCUT2D eigenvalue weighted by atomic mass is 16.6. The number of carbonyl (C=O) groups excluding carboxylic acids is 4. The van der Waals surface area contributed by atoms with Crippen LogP contribution in [0, 0.1) is 0 Å². The van der Waals surface area contributed by atoms with E-state index in [4.69, 9.17) is 9.47 Å². The van der Waals surface area contributed by atoms with Crippen LogP contribution >= 0.6 is 0 Å². The molecule has 2 unspecified atom stereocenters. The number of hydrogen-bond donors (Lipinski definition) is 3. The SMILES string of the molecule is CC(C)(C)OC(=O)NC(CCCCC(=O)C1CCCN1C(=O)OC(C)(C)C)C(=O)NCc1ccc(O)cc1. The number of benzene rings is 1. The Morgan fingerprint density at radius 3 is 2.24 bits per heavy atom. The fourth-order valence-electron chi connectivity index (χ4n) is 4.10. The minimum absolute atomic E-state index is 0.0261. The third-order valence-corrected chi connectivity index (χ3v) is 5.83. The van der Waals surface area contributed by atoms with Gasteiger partial charge in [0.15, 0.2) is 5.78 Å². The monoisotopic (exact) mass is 533 g/mol. The summed E-state index contributed by atoms with van der Waals surface area (Å²) >= 11 is 0. The molecule has 3 amide bonds. The molecular weight excluding hydrogens is 490 g/mol. The topological polar surface area (TPSA) is 134 Å². The molecule has 0 spiro atoms. The van der Waals surface area contributed by atoms with Gasteiger partial charge in [0.1, 0.15) is 23.0 Å². The number of hydrogen-bond acceptors (Lipinski definition) is 7. The van der Waals surface area contributed by atoms with Crippen LogP contribution in [0.25, 0.3) is 0 Å². The van der Waals surface area contributed by atoms with Crippen LogP contribution < -0.4 is 10.6 Å². The van der Waals surface area contributed by atoms with Gasteiger partial charge in [0.2, 0.25) is 5.91 Å². The van der Waals surface area contributed by atoms with Crippen molar-refractivity contribution in [2.24, 2.45) is 0 Å². The zero-order valence-corrected chi connectivity index (χ0v) is 23.5. The first-order valence-corrected chi connectivity index (χ1v) is 13.2. The number of nitrogens with one attached hydrogen (secondary N) is 2. The number of carbonyl (C=O) groups is 4. The van der Waals surface area contributed by atoms with Gasteiger partial charge in [-0.15, -0.1) is 0 Å². The van der Waals surface area contributed by atoms with Crippen LogP contribution in [0.2, 0.25) is 0 Å². The Morgan fingerprint density at radius 2 is 1.63 bits per heavy atom. The lowest BCUT2D eigenvalue weighted by Gasteiger charge is -2.28. The number of ether oxygens (including phenoxy) is 2. The first kappa shape index (κ1) is 30.9. The number of Topliss-reactive ketones (excluding diaryl/α,β-unsaturated/α-hetero) is 1. The van der Waals surface area contributed by atoms with Crippen molar-refractivity contribution in [3.8, 4) is 5.75 Å². The van der Waals surface area contributed by atoms with E-state index in [-0.39, 0.29) is 30.4 Å². The second-order valence-corrected chi connectivity index (χ2v) is 11.6. The maximum atomic E-state index is 12.9. The summed E-state index contributed by atoms with van der Waals surface area (Å²) in [6.07, 6.45) is 1.79. The molecule has 1 fully saturated rings. The van der Waals surface area contributed by atoms with E-state index < -0.39 is 35.5 Å². The van der Waals surface area contributed by atoms with Crippen LogP contribution in [-0.2, 0) is 25.6 Å². The molecule has 1 heterocycles. The Hall–Kier alpha value is -3.30. The summed E-state index contributed by atoms with van der Waals surface area (Å²) in [5.74, 6) is -0.269. The lowest BCUT2D eigenvalue weighted by Crippen LogP contribution is -2.48. The highest BCUT2D eigenvalue weighted by Crippen LogP contribution is 2.23. The smallest absolute Gasteiger partial charge is 0.410 e. The van der Waals surface area contributed by atoms with Crippen LogP contribution in [0.5, 0.6) is 5.75 Å². The molecule has 0 radical (unpaired) electrons. The van der Waals surface area contributed by atoms with Gasteiger partial charge in [0, 0.05) is 19.5 Å². The molecule has 10 heteroatoms. The summed E-state index contributed by atoms with van der Waals surface area (Å²) in [6, 6.07) is 5.12. The molecule has 212 valence electrons. The Balaban J connectivity index is 1.91. The lowest BCUT2D eigenvalue weighted by atomic mass is 10.0. The predicted octanol–water partition coefficient (Wildman–Crippen LogP) is 4.43. The summed E-state index contributed by atoms with van der Waals surface area (Å²) in [7, 11) is 0. The van der Waals surface area contributed by atoms with Crippen molar-refractivity contribution >= 4 is 23.9 Å². The van der Waals surface area contributed by atoms with Crippen molar-refractivity contribution in [1.29, 1.82) is 0 Å². The molecule has 1 aliphatic rings. The van der Waals surface area contributed by atoms with Crippen molar-refractivity contribution in [1.82, 2.24) is 15.5 Å². The van der Waals surface area contributed by atoms with E-state index in [2.05, 4.69) is 10.6 Å². The van der Waals surface area contributed by atoms with Crippen LogP contribution in [0.15, 0.2) is 24.3 Å². The molecule has 1 aromatic carbocycles. The molecule has 1 aromatic rings. The predicted molar refractivity (Wildman–Crippen MR) is 143 cm³/mol. The van der Waals surface area contributed by atoms with Gasteiger partial charge in [-0.1, -0.05) is 18.6 Å². The Labute approximate surface area is 225 Å². The van der Waals surface area contributed by atoms with E-state index in [9.17, 15) is 24.3 Å². The van der Waals surface area contributed by atoms with Gasteiger partial charge in [0.25, 0.3) is 0 Å². The molecule has 1 saturated heterocycles. The van der Waals surface area contributed by atoms with Crippen molar-refractivity contribution in [3.63, 3.8) is 0 Å². The Morgan fingerprint density at radius 1 is 1.00 bits per heavy atom. The highest BCUT2D eigenvalue weighted by Gasteiger charge is 2.36. The Kier molecular flexibility index (Phi) is 11.0. The molecule has 1 aliphatic heterocycles. The Bertz CT molecular complexity index is 964. The van der Waals surface area contributed by atoms with E-state index in [1.165, 1.54) is 17.0 Å². The van der Waals surface area contributed by atoms with Crippen molar-refractivity contribution < 1.29 is 33.8 Å². The van der Waals surface area contributed by atoms with E-state index in [0.29, 0.717) is 32.2 Å². The normalized spacial score (nSPS) is 16.5. The zero-order chi connectivity index (χ0) is 28.5. The van der Waals surface area contributed by atoms with Crippen LogP contribution in [0.4, 0.5) is 9.59 Å². The standard InChI is InChI=1S/C28H43N3O7/c1-27(2,3)37-25(35)30-21(24(34)29-18-19-13-15-20(32)16-14-19)10-7-8-12-23(33)22-11-9-17-31(22)26(36)38-28(4,5)6/h13-16,21-22,32H,7-12,17-18H2,1-6H3,(H,29,34)(H,30,35). The van der Waals surface area contributed by atoms with Gasteiger partial charge >= 0.3 is 12.2 Å². The molecule has 10 nitrogen and oxygen atoms in total. The molecule has 0 aromatic heterocycles. The van der Waals surface area contributed by atoms with Crippen LogP contribution in [0.3, 0.4) is 0 Å². The molecule has 38 heavy (non-hydrogen) atoms. The summed E-state index contributed by atoms with van der Waals surface area (Å²) < 4.78 is 10.8. The highest BCUT2D eigenvalue weighted by molar-refractivity contribution is 5.88. The van der Waals surface area contributed by atoms with E-state index in [1.807, 2.05) is 0 Å². The number of aromatic hydroxyl groups is 1. The lowest BCUT2D eigenvalue weighted by molar-refractivity contribution is -0.123. The second-order valence-electron chi connectivity index (χ2n) is 11.6. The largest absolute Gasteiger partial charge is 0.508 e. The number of phenolic OH excluding ortho intramolecular Hbond substituents is 1. The first-order chi connectivity index (χ1) is 17.6. The number of ketones is 1. The fourth-order valence-corrected chi connectivity index (χ4v) is 4.10. The van der Waals surface area contributed by atoms with Gasteiger partial charge in [-0.25, -0.2) is 9.59 Å². The van der Waals surface area contributed by atoms with Crippen LogP contribution in [-0.4, -0.2) is 63.7 Å². The maximum Gasteiger partial charge on any atom is 0.410 e. The van der Waals surface area contributed by atoms with E-state index >= 15 is 0 Å². The summed E-state index contributed by atoms with van der Waals surface area (Å²) in [4.78, 5) is 52.1. The minimum Gasteiger partial charge on any atom is -0.508 e. The van der Waals surface area contributed by atoms with Gasteiger partial charge < -0.3 is 25.2 Å². The van der Waals surface area contributed by atoms with Crippen molar-refractivity contribution in [2.45, 2.75) is 110 Å². The summed E-state index contributed by atoms with van der Waals surface area (Å²) in [5, 5.41) is 14.9. The number of unbranched alkanes of at least 4 members (excludes halogenated alkanes) is 1. The molecule has 0 bridgehead atoms. The van der Waals surface area contributed by atoms with Gasteiger partial charge in [0.05, 0.1) is 6.04 Å². The van der Waals surface area contributed by atoms with Gasteiger partial charge in [-0.3, -0.25) is 14.5 Å². The molecule has 0 aliphatic carbocycles. The zero-order valence-electron chi connectivity index (χ0n) is 23.5. The minimum atomic E-state index is -0.846. The molecular formula is C28H43N3O7.